The van der Waals surface area contributed by atoms with Crippen molar-refractivity contribution in [1.82, 2.24) is 0 Å². The van der Waals surface area contributed by atoms with Crippen molar-refractivity contribution in [3.8, 4) is 11.5 Å². The number of nitrogens with two attached hydrogens (primary N) is 1. The summed E-state index contributed by atoms with van der Waals surface area (Å²) in [6, 6.07) is 14.1. The van der Waals surface area contributed by atoms with Crippen LogP contribution in [0.15, 0.2) is 42.5 Å². The molecule has 0 atom stereocenters. The second-order valence-electron chi connectivity index (χ2n) is 4.76. The molecule has 0 radical (unpaired) electrons. The number of hydrogen-bond acceptors (Lipinski definition) is 3. The number of para-hydroxylation sites is 1. The van der Waals surface area contributed by atoms with Gasteiger partial charge in [0.1, 0.15) is 11.5 Å². The predicted octanol–water partition coefficient (Wildman–Crippen LogP) is 3.31. The molecule has 0 saturated heterocycles. The Balaban J connectivity index is 2.33. The maximum absolute atomic E-state index is 6.02. The molecule has 19 heavy (non-hydrogen) atoms. The number of ether oxygens (including phenoxy) is 1. The summed E-state index contributed by atoms with van der Waals surface area (Å²) in [7, 11) is 4.02. The molecule has 0 fully saturated rings. The Morgan fingerprint density at radius 1 is 1.11 bits per heavy atom. The Morgan fingerprint density at radius 3 is 2.53 bits per heavy atom. The summed E-state index contributed by atoms with van der Waals surface area (Å²) in [4.78, 5) is 2.05. The van der Waals surface area contributed by atoms with Crippen LogP contribution >= 0.6 is 0 Å². The van der Waals surface area contributed by atoms with Crippen molar-refractivity contribution in [2.45, 2.75) is 13.5 Å². The molecule has 3 nitrogen and oxygen atoms in total. The molecule has 0 aliphatic heterocycles. The number of benzene rings is 2. The van der Waals surface area contributed by atoms with Crippen molar-refractivity contribution in [1.29, 1.82) is 0 Å². The lowest BCUT2D eigenvalue weighted by molar-refractivity contribution is 0.472. The number of rotatable bonds is 4. The Hall–Kier alpha value is -2.00. The molecular weight excluding hydrogens is 236 g/mol. The van der Waals surface area contributed by atoms with Gasteiger partial charge in [0, 0.05) is 38.0 Å². The lowest BCUT2D eigenvalue weighted by Crippen LogP contribution is -2.08. The topological polar surface area (TPSA) is 38.5 Å². The number of aryl methyl sites for hydroxylation is 1. The lowest BCUT2D eigenvalue weighted by atomic mass is 10.1. The summed E-state index contributed by atoms with van der Waals surface area (Å²) in [5.74, 6) is 1.69. The molecule has 2 rings (SSSR count). The molecule has 2 aromatic carbocycles. The van der Waals surface area contributed by atoms with Gasteiger partial charge in [0.15, 0.2) is 0 Å². The zero-order chi connectivity index (χ0) is 13.8. The minimum absolute atomic E-state index is 0.477. The van der Waals surface area contributed by atoms with Crippen molar-refractivity contribution in [3.05, 3.63) is 53.6 Å². The standard InChI is InChI=1S/C16H20N2O/c1-12-6-4-7-13(11-17)16(12)19-15-9-5-8-14(10-15)18(2)3/h4-10H,11,17H2,1-3H3. The fourth-order valence-electron chi connectivity index (χ4n) is 1.96. The number of nitrogens with zero attached hydrogens (tertiary/aromatic N) is 1. The van der Waals surface area contributed by atoms with E-state index in [0.29, 0.717) is 6.54 Å². The maximum Gasteiger partial charge on any atom is 0.134 e. The van der Waals surface area contributed by atoms with Crippen molar-refractivity contribution < 1.29 is 4.74 Å². The van der Waals surface area contributed by atoms with Gasteiger partial charge < -0.3 is 15.4 Å². The Bertz CT molecular complexity index is 564. The quantitative estimate of drug-likeness (QED) is 0.912. The highest BCUT2D eigenvalue weighted by molar-refractivity contribution is 5.51. The van der Waals surface area contributed by atoms with Gasteiger partial charge in [-0.05, 0) is 24.6 Å². The van der Waals surface area contributed by atoms with Crippen LogP contribution < -0.4 is 15.4 Å². The van der Waals surface area contributed by atoms with E-state index in [2.05, 4.69) is 11.0 Å². The molecule has 0 aliphatic rings. The number of anilines is 1. The predicted molar refractivity (Wildman–Crippen MR) is 79.9 cm³/mol. The molecule has 0 bridgehead atoms. The summed E-state index contributed by atoms with van der Waals surface area (Å²) in [6.45, 7) is 2.51. The van der Waals surface area contributed by atoms with Gasteiger partial charge in [-0.15, -0.1) is 0 Å². The van der Waals surface area contributed by atoms with Crippen LogP contribution in [0.25, 0.3) is 0 Å². The summed E-state index contributed by atoms with van der Waals surface area (Å²) >= 11 is 0. The highest BCUT2D eigenvalue weighted by atomic mass is 16.5. The first-order valence-corrected chi connectivity index (χ1v) is 6.35. The molecule has 2 aromatic rings. The minimum Gasteiger partial charge on any atom is -0.457 e. The third-order valence-corrected chi connectivity index (χ3v) is 3.07. The molecule has 2 N–H and O–H groups in total. The molecule has 0 saturated carbocycles. The van der Waals surface area contributed by atoms with Crippen molar-refractivity contribution in [2.24, 2.45) is 5.73 Å². The lowest BCUT2D eigenvalue weighted by Gasteiger charge is -2.16. The minimum atomic E-state index is 0.477. The first-order valence-electron chi connectivity index (χ1n) is 6.35. The average Bonchev–Trinajstić information content (AvgIpc) is 2.41. The van der Waals surface area contributed by atoms with Crippen LogP contribution in [-0.2, 0) is 6.54 Å². The Labute approximate surface area is 114 Å². The Morgan fingerprint density at radius 2 is 1.84 bits per heavy atom. The highest BCUT2D eigenvalue weighted by Crippen LogP contribution is 2.30. The fourth-order valence-corrected chi connectivity index (χ4v) is 1.96. The first kappa shape index (κ1) is 13.4. The molecule has 100 valence electrons. The van der Waals surface area contributed by atoms with Gasteiger partial charge in [-0.3, -0.25) is 0 Å². The third-order valence-electron chi connectivity index (χ3n) is 3.07. The van der Waals surface area contributed by atoms with E-state index in [1.807, 2.05) is 57.4 Å². The van der Waals surface area contributed by atoms with Crippen LogP contribution in [0.1, 0.15) is 11.1 Å². The molecule has 0 unspecified atom stereocenters. The Kier molecular flexibility index (Phi) is 4.07. The zero-order valence-electron chi connectivity index (χ0n) is 11.7. The van der Waals surface area contributed by atoms with Gasteiger partial charge in [0.2, 0.25) is 0 Å². The van der Waals surface area contributed by atoms with E-state index in [1.165, 1.54) is 0 Å². The maximum atomic E-state index is 6.02. The fraction of sp³-hybridized carbons (Fsp3) is 0.250. The van der Waals surface area contributed by atoms with E-state index in [9.17, 15) is 0 Å². The van der Waals surface area contributed by atoms with Gasteiger partial charge in [-0.2, -0.15) is 0 Å². The zero-order valence-corrected chi connectivity index (χ0v) is 11.7. The van der Waals surface area contributed by atoms with Gasteiger partial charge >= 0.3 is 0 Å². The molecule has 0 heterocycles. The molecular formula is C16H20N2O. The van der Waals surface area contributed by atoms with Crippen LogP contribution in [-0.4, -0.2) is 14.1 Å². The van der Waals surface area contributed by atoms with E-state index in [4.69, 9.17) is 10.5 Å². The van der Waals surface area contributed by atoms with Gasteiger partial charge in [-0.1, -0.05) is 24.3 Å². The van der Waals surface area contributed by atoms with Crippen LogP contribution in [0.4, 0.5) is 5.69 Å². The van der Waals surface area contributed by atoms with Crippen LogP contribution in [0, 0.1) is 6.92 Å². The monoisotopic (exact) mass is 256 g/mol. The summed E-state index contributed by atoms with van der Waals surface area (Å²) in [5, 5.41) is 0. The molecule has 0 aromatic heterocycles. The largest absolute Gasteiger partial charge is 0.457 e. The summed E-state index contributed by atoms with van der Waals surface area (Å²) in [5.41, 5.74) is 8.99. The van der Waals surface area contributed by atoms with Crippen molar-refractivity contribution in [2.75, 3.05) is 19.0 Å². The normalized spacial score (nSPS) is 10.3. The third kappa shape index (κ3) is 3.06. The number of hydrogen-bond donors (Lipinski definition) is 1. The van der Waals surface area contributed by atoms with E-state index in [0.717, 1.165) is 28.3 Å². The van der Waals surface area contributed by atoms with Crippen LogP contribution in [0.2, 0.25) is 0 Å². The van der Waals surface area contributed by atoms with E-state index >= 15 is 0 Å². The van der Waals surface area contributed by atoms with Crippen LogP contribution in [0.5, 0.6) is 11.5 Å². The molecule has 0 amide bonds. The van der Waals surface area contributed by atoms with E-state index < -0.39 is 0 Å². The van der Waals surface area contributed by atoms with Crippen molar-refractivity contribution in [3.63, 3.8) is 0 Å². The van der Waals surface area contributed by atoms with Gasteiger partial charge in [0.05, 0.1) is 0 Å². The average molecular weight is 256 g/mol. The van der Waals surface area contributed by atoms with Gasteiger partial charge in [0.25, 0.3) is 0 Å². The SMILES string of the molecule is Cc1cccc(CN)c1Oc1cccc(N(C)C)c1. The first-order chi connectivity index (χ1) is 9.11. The second kappa shape index (κ2) is 5.76. The van der Waals surface area contributed by atoms with E-state index in [1.54, 1.807) is 0 Å². The van der Waals surface area contributed by atoms with Crippen LogP contribution in [0.3, 0.4) is 0 Å². The van der Waals surface area contributed by atoms with E-state index in [-0.39, 0.29) is 0 Å². The van der Waals surface area contributed by atoms with Crippen molar-refractivity contribution >= 4 is 5.69 Å². The molecule has 0 spiro atoms. The highest BCUT2D eigenvalue weighted by Gasteiger charge is 2.07. The summed E-state index contributed by atoms with van der Waals surface area (Å²) in [6.07, 6.45) is 0. The van der Waals surface area contributed by atoms with Gasteiger partial charge in [-0.25, -0.2) is 0 Å². The second-order valence-corrected chi connectivity index (χ2v) is 4.76. The summed E-state index contributed by atoms with van der Waals surface area (Å²) < 4.78 is 6.02. The molecule has 0 aliphatic carbocycles. The smallest absolute Gasteiger partial charge is 0.134 e. The molecule has 3 heteroatoms.